The Hall–Kier alpha value is -3.32. The van der Waals surface area contributed by atoms with E-state index in [1.807, 2.05) is 33.8 Å². The standard InChI is InChI=1S/C40H61BN2O10/c1-23-24(16-17-41-52-30-19-25-18-29(39(25,11)12)40(30,13)53-41)14-15-28(32(23)34(46)50-37(5,6)7)48-26-21-43(22-26)33(45)27(20-31(44)49-36(2,3)4)42-35(47)51-38(8,9)10/h14-15,25-27,29-30H,16-22H2,1-13H3,(H,42,47)/t25-,27-,29-,30+,40-/m0/s1. The molecule has 5 aliphatic rings. The molecule has 1 aromatic rings. The van der Waals surface area contributed by atoms with Gasteiger partial charge in [0.2, 0.25) is 5.91 Å². The average Bonchev–Trinajstić information content (AvgIpc) is 3.30. The van der Waals surface area contributed by atoms with Crippen molar-refractivity contribution in [2.24, 2.45) is 17.3 Å². The van der Waals surface area contributed by atoms with Gasteiger partial charge in [-0.05, 0) is 136 Å². The number of hydrogen-bond donors (Lipinski definition) is 1. The molecule has 12 nitrogen and oxygen atoms in total. The number of amides is 2. The van der Waals surface area contributed by atoms with Gasteiger partial charge in [0.15, 0.2) is 0 Å². The van der Waals surface area contributed by atoms with Crippen molar-refractivity contribution < 1.29 is 47.4 Å². The fourth-order valence-electron chi connectivity index (χ4n) is 8.32. The van der Waals surface area contributed by atoms with Crippen LogP contribution in [0.5, 0.6) is 5.75 Å². The minimum Gasteiger partial charge on any atom is -0.486 e. The molecule has 294 valence electrons. The Bertz CT molecular complexity index is 1550. The van der Waals surface area contributed by atoms with Crippen molar-refractivity contribution in [3.63, 3.8) is 0 Å². The lowest BCUT2D eigenvalue weighted by molar-refractivity contribution is -0.199. The first kappa shape index (κ1) is 40.9. The van der Waals surface area contributed by atoms with Gasteiger partial charge < -0.3 is 38.5 Å². The molecule has 5 fully saturated rings. The van der Waals surface area contributed by atoms with Crippen LogP contribution in [0.1, 0.15) is 124 Å². The molecule has 0 unspecified atom stereocenters. The lowest BCUT2D eigenvalue weighted by Crippen LogP contribution is -2.65. The number of carbonyl (C=O) groups is 4. The van der Waals surface area contributed by atoms with E-state index in [9.17, 15) is 19.2 Å². The van der Waals surface area contributed by atoms with Gasteiger partial charge in [-0.1, -0.05) is 19.9 Å². The van der Waals surface area contributed by atoms with Gasteiger partial charge in [-0.2, -0.15) is 0 Å². The van der Waals surface area contributed by atoms with Crippen LogP contribution in [-0.4, -0.2) is 89.7 Å². The summed E-state index contributed by atoms with van der Waals surface area (Å²) in [6, 6.07) is 2.55. The van der Waals surface area contributed by atoms with Gasteiger partial charge in [0, 0.05) is 0 Å². The van der Waals surface area contributed by atoms with Gasteiger partial charge in [0.1, 0.15) is 40.3 Å². The number of likely N-dealkylation sites (tertiary alicyclic amines) is 1. The Morgan fingerprint density at radius 1 is 0.925 bits per heavy atom. The molecule has 13 heteroatoms. The molecule has 2 heterocycles. The number of aryl methyl sites for hydroxylation is 1. The van der Waals surface area contributed by atoms with E-state index in [4.69, 9.17) is 28.3 Å². The summed E-state index contributed by atoms with van der Waals surface area (Å²) in [6.07, 6.45) is 2.00. The zero-order valence-corrected chi connectivity index (χ0v) is 34.1. The van der Waals surface area contributed by atoms with Crippen LogP contribution in [0, 0.1) is 24.2 Å². The van der Waals surface area contributed by atoms with Crippen LogP contribution in [0.4, 0.5) is 4.79 Å². The van der Waals surface area contributed by atoms with Crippen LogP contribution >= 0.6 is 0 Å². The summed E-state index contributed by atoms with van der Waals surface area (Å²) in [4.78, 5) is 54.1. The highest BCUT2D eigenvalue weighted by Crippen LogP contribution is 2.65. The number of nitrogens with zero attached hydrogens (tertiary/aromatic N) is 1. The molecule has 2 aliphatic heterocycles. The quantitative estimate of drug-likeness (QED) is 0.162. The predicted molar refractivity (Wildman–Crippen MR) is 200 cm³/mol. The Morgan fingerprint density at radius 3 is 2.13 bits per heavy atom. The van der Waals surface area contributed by atoms with Crippen LogP contribution in [0.2, 0.25) is 6.32 Å². The number of carbonyl (C=O) groups excluding carboxylic acids is 4. The SMILES string of the molecule is Cc1c(CCB2O[C@@H]3C[C@@H]4C[C@@H](C4(C)C)[C@]3(C)O2)ccc(OC2CN(C(=O)[C@H](CC(=O)OC(C)(C)C)NC(=O)OC(C)(C)C)C2)c1C(=O)OC(C)(C)C. The summed E-state index contributed by atoms with van der Waals surface area (Å²) in [6.45, 7) is 24.9. The maximum absolute atomic E-state index is 13.7. The molecule has 3 aliphatic carbocycles. The predicted octanol–water partition coefficient (Wildman–Crippen LogP) is 6.44. The van der Waals surface area contributed by atoms with Gasteiger partial charge >= 0.3 is 25.2 Å². The molecular formula is C40H61BN2O10. The van der Waals surface area contributed by atoms with E-state index < -0.39 is 52.9 Å². The van der Waals surface area contributed by atoms with E-state index >= 15 is 0 Å². The second kappa shape index (κ2) is 14.4. The molecule has 5 atom stereocenters. The normalized spacial score (nSPS) is 25.7. The summed E-state index contributed by atoms with van der Waals surface area (Å²) in [5.41, 5.74) is -0.241. The highest BCUT2D eigenvalue weighted by atomic mass is 16.7. The Balaban J connectivity index is 1.26. The molecule has 2 bridgehead atoms. The van der Waals surface area contributed by atoms with Crippen molar-refractivity contribution in [2.75, 3.05) is 13.1 Å². The van der Waals surface area contributed by atoms with E-state index in [2.05, 4.69) is 26.1 Å². The van der Waals surface area contributed by atoms with E-state index in [1.54, 1.807) is 47.6 Å². The molecule has 0 radical (unpaired) electrons. The van der Waals surface area contributed by atoms with Gasteiger partial charge in [-0.25, -0.2) is 9.59 Å². The topological polar surface area (TPSA) is 139 Å². The fourth-order valence-corrected chi connectivity index (χ4v) is 8.32. The van der Waals surface area contributed by atoms with Crippen LogP contribution in [0.3, 0.4) is 0 Å². The van der Waals surface area contributed by atoms with E-state index in [0.29, 0.717) is 35.9 Å². The Kier molecular flexibility index (Phi) is 11.1. The molecule has 1 aromatic carbocycles. The van der Waals surface area contributed by atoms with Crippen LogP contribution < -0.4 is 10.1 Å². The molecule has 6 rings (SSSR count). The summed E-state index contributed by atoms with van der Waals surface area (Å²) >= 11 is 0. The first-order valence-corrected chi connectivity index (χ1v) is 19.1. The van der Waals surface area contributed by atoms with Crippen molar-refractivity contribution in [3.8, 4) is 5.75 Å². The maximum Gasteiger partial charge on any atom is 0.457 e. The number of ether oxygens (including phenoxy) is 4. The fraction of sp³-hybridized carbons (Fsp3) is 0.750. The van der Waals surface area contributed by atoms with E-state index in [1.165, 1.54) is 11.3 Å². The van der Waals surface area contributed by atoms with Crippen LogP contribution in [0.15, 0.2) is 12.1 Å². The van der Waals surface area contributed by atoms with E-state index in [0.717, 1.165) is 17.5 Å². The number of benzene rings is 1. The second-order valence-electron chi connectivity index (χ2n) is 19.1. The molecule has 2 saturated heterocycles. The first-order valence-electron chi connectivity index (χ1n) is 19.1. The van der Waals surface area contributed by atoms with Crippen molar-refractivity contribution >= 4 is 31.1 Å². The third kappa shape index (κ3) is 9.32. The Labute approximate surface area is 315 Å². The minimum atomic E-state index is -1.20. The summed E-state index contributed by atoms with van der Waals surface area (Å²) in [7, 11) is -0.317. The average molecular weight is 741 g/mol. The third-order valence-corrected chi connectivity index (χ3v) is 11.0. The van der Waals surface area contributed by atoms with Gasteiger partial charge in [0.25, 0.3) is 0 Å². The molecule has 3 saturated carbocycles. The molecule has 53 heavy (non-hydrogen) atoms. The zero-order chi connectivity index (χ0) is 39.5. The van der Waals surface area contributed by atoms with E-state index in [-0.39, 0.29) is 43.7 Å². The first-order chi connectivity index (χ1) is 24.3. The van der Waals surface area contributed by atoms with Crippen molar-refractivity contribution in [2.45, 2.75) is 163 Å². The highest BCUT2D eigenvalue weighted by molar-refractivity contribution is 6.45. The monoisotopic (exact) mass is 740 g/mol. The number of nitrogens with one attached hydrogen (secondary N) is 1. The smallest absolute Gasteiger partial charge is 0.457 e. The number of esters is 2. The van der Waals surface area contributed by atoms with Gasteiger partial charge in [-0.15, -0.1) is 0 Å². The largest absolute Gasteiger partial charge is 0.486 e. The lowest BCUT2D eigenvalue weighted by atomic mass is 9.43. The zero-order valence-electron chi connectivity index (χ0n) is 34.1. The molecule has 0 spiro atoms. The molecule has 1 N–H and O–H groups in total. The minimum absolute atomic E-state index is 0.105. The lowest BCUT2D eigenvalue weighted by Gasteiger charge is -2.64. The molecular weight excluding hydrogens is 679 g/mol. The van der Waals surface area contributed by atoms with Crippen LogP contribution in [-0.2, 0) is 39.5 Å². The maximum atomic E-state index is 13.7. The number of hydrogen-bond acceptors (Lipinski definition) is 10. The summed E-state index contributed by atoms with van der Waals surface area (Å²) in [5, 5.41) is 2.55. The Morgan fingerprint density at radius 2 is 1.55 bits per heavy atom. The highest BCUT2D eigenvalue weighted by Gasteiger charge is 2.67. The van der Waals surface area contributed by atoms with Crippen molar-refractivity contribution in [1.29, 1.82) is 0 Å². The van der Waals surface area contributed by atoms with Gasteiger partial charge in [0.05, 0.1) is 31.2 Å². The molecule has 0 aromatic heterocycles. The molecule has 2 amide bonds. The van der Waals surface area contributed by atoms with Crippen LogP contribution in [0.25, 0.3) is 0 Å². The number of rotatable bonds is 10. The summed E-state index contributed by atoms with van der Waals surface area (Å²) < 4.78 is 36.1. The van der Waals surface area contributed by atoms with Crippen molar-refractivity contribution in [3.05, 3.63) is 28.8 Å². The third-order valence-electron chi connectivity index (χ3n) is 11.0. The number of alkyl carbamates (subject to hydrolysis) is 1. The summed E-state index contributed by atoms with van der Waals surface area (Å²) in [5.74, 6) is -0.0677. The van der Waals surface area contributed by atoms with Gasteiger partial charge in [-0.3, -0.25) is 9.59 Å². The second-order valence-corrected chi connectivity index (χ2v) is 19.1. The van der Waals surface area contributed by atoms with Crippen molar-refractivity contribution in [1.82, 2.24) is 10.2 Å².